The molecule has 88 valence electrons. The van der Waals surface area contributed by atoms with Crippen LogP contribution in [-0.4, -0.2) is 36.7 Å². The summed E-state index contributed by atoms with van der Waals surface area (Å²) in [6.45, 7) is 5.21. The first-order chi connectivity index (χ1) is 6.85. The van der Waals surface area contributed by atoms with Crippen molar-refractivity contribution in [2.75, 3.05) is 19.2 Å². The number of halogens is 1. The second-order valence-electron chi connectivity index (χ2n) is 3.82. The molecule has 0 saturated carbocycles. The number of hydrogen-bond acceptors (Lipinski definition) is 5. The predicted octanol–water partition coefficient (Wildman–Crippen LogP) is 0.657. The number of carbonyl (C=O) groups is 2. The molecule has 0 fully saturated rings. The summed E-state index contributed by atoms with van der Waals surface area (Å²) in [4.78, 5) is 21.9. The van der Waals surface area contributed by atoms with Crippen LogP contribution in [0.1, 0.15) is 20.8 Å². The van der Waals surface area contributed by atoms with Crippen LogP contribution in [0.2, 0.25) is 0 Å². The highest BCUT2D eigenvalue weighted by Crippen LogP contribution is 2.05. The molecule has 0 saturated heterocycles. The Morgan fingerprint density at radius 3 is 2.20 bits per heavy atom. The van der Waals surface area contributed by atoms with E-state index < -0.39 is 17.5 Å². The topological polar surface area (TPSA) is 64.6 Å². The summed E-state index contributed by atoms with van der Waals surface area (Å²) in [7, 11) is 0. The lowest BCUT2D eigenvalue weighted by atomic mass is 10.2. The van der Waals surface area contributed by atoms with E-state index in [9.17, 15) is 9.59 Å². The summed E-state index contributed by atoms with van der Waals surface area (Å²) in [6, 6.07) is -0.188. The summed E-state index contributed by atoms with van der Waals surface area (Å²) < 4.78 is 9.44. The van der Waals surface area contributed by atoms with Gasteiger partial charge in [0.2, 0.25) is 0 Å². The van der Waals surface area contributed by atoms with Gasteiger partial charge in [-0.3, -0.25) is 14.9 Å². The maximum absolute atomic E-state index is 11.1. The second-order valence-corrected chi connectivity index (χ2v) is 4.03. The molecule has 0 aromatic heterocycles. The minimum absolute atomic E-state index is 0.0331. The van der Waals surface area contributed by atoms with E-state index in [0.717, 1.165) is 0 Å². The Morgan fingerprint density at radius 2 is 1.73 bits per heavy atom. The molecule has 0 aliphatic carbocycles. The summed E-state index contributed by atoms with van der Waals surface area (Å²) in [5.41, 5.74) is -0.518. The highest BCUT2D eigenvalue weighted by atomic mass is 35.5. The Kier molecular flexibility index (Phi) is 6.27. The Balaban J connectivity index is 3.60. The van der Waals surface area contributed by atoms with Crippen molar-refractivity contribution in [3.8, 4) is 0 Å². The molecular weight excluding hydrogens is 222 g/mol. The van der Waals surface area contributed by atoms with Gasteiger partial charge >= 0.3 is 11.9 Å². The molecular formula is C9H16ClNO4. The number of esters is 2. The summed E-state index contributed by atoms with van der Waals surface area (Å²) in [5.74, 6) is -0.922. The van der Waals surface area contributed by atoms with Crippen LogP contribution in [-0.2, 0) is 19.1 Å². The second kappa shape index (κ2) is 6.63. The van der Waals surface area contributed by atoms with Crippen molar-refractivity contribution in [1.29, 1.82) is 0 Å². The molecule has 0 amide bonds. The van der Waals surface area contributed by atoms with E-state index in [0.29, 0.717) is 0 Å². The minimum Gasteiger partial charge on any atom is -0.459 e. The van der Waals surface area contributed by atoms with Gasteiger partial charge in [-0.15, -0.1) is 0 Å². The normalized spacial score (nSPS) is 10.9. The van der Waals surface area contributed by atoms with Crippen LogP contribution in [0.4, 0.5) is 0 Å². The van der Waals surface area contributed by atoms with Gasteiger partial charge in [0.1, 0.15) is 5.60 Å². The number of carbonyl (C=O) groups excluding carboxylic acids is 2. The zero-order chi connectivity index (χ0) is 11.9. The van der Waals surface area contributed by atoms with E-state index >= 15 is 0 Å². The Labute approximate surface area is 94.1 Å². The van der Waals surface area contributed by atoms with Crippen LogP contribution in [0, 0.1) is 0 Å². The van der Waals surface area contributed by atoms with Gasteiger partial charge in [-0.05, 0) is 20.8 Å². The van der Waals surface area contributed by atoms with Gasteiger partial charge < -0.3 is 9.47 Å². The summed E-state index contributed by atoms with van der Waals surface area (Å²) >= 11 is 5.16. The van der Waals surface area contributed by atoms with Crippen molar-refractivity contribution in [2.45, 2.75) is 26.4 Å². The smallest absolute Gasteiger partial charge is 0.321 e. The fourth-order valence-corrected chi connectivity index (χ4v) is 0.878. The van der Waals surface area contributed by atoms with E-state index in [1.54, 1.807) is 20.8 Å². The molecule has 0 rings (SSSR count). The maximum Gasteiger partial charge on any atom is 0.321 e. The average molecular weight is 238 g/mol. The van der Waals surface area contributed by atoms with Crippen LogP contribution < -0.4 is 5.32 Å². The van der Waals surface area contributed by atoms with E-state index in [2.05, 4.69) is 10.1 Å². The largest absolute Gasteiger partial charge is 0.459 e. The number of rotatable bonds is 5. The van der Waals surface area contributed by atoms with Crippen molar-refractivity contribution in [1.82, 2.24) is 5.32 Å². The molecule has 0 radical (unpaired) electrons. The predicted molar refractivity (Wildman–Crippen MR) is 55.5 cm³/mol. The fraction of sp³-hybridized carbons (Fsp3) is 0.778. The van der Waals surface area contributed by atoms with Gasteiger partial charge in [-0.25, -0.2) is 0 Å². The van der Waals surface area contributed by atoms with Crippen LogP contribution >= 0.6 is 11.6 Å². The van der Waals surface area contributed by atoms with Crippen LogP contribution in [0.5, 0.6) is 0 Å². The van der Waals surface area contributed by atoms with Crippen LogP contribution in [0.25, 0.3) is 0 Å². The first-order valence-electron chi connectivity index (χ1n) is 4.49. The van der Waals surface area contributed by atoms with Crippen molar-refractivity contribution in [3.63, 3.8) is 0 Å². The van der Waals surface area contributed by atoms with Gasteiger partial charge in [0.05, 0.1) is 13.1 Å². The lowest BCUT2D eigenvalue weighted by Gasteiger charge is -2.19. The first kappa shape index (κ1) is 14.2. The fourth-order valence-electron chi connectivity index (χ4n) is 0.756. The van der Waals surface area contributed by atoms with E-state index in [-0.39, 0.29) is 19.2 Å². The van der Waals surface area contributed by atoms with Gasteiger partial charge in [0, 0.05) is 0 Å². The monoisotopic (exact) mass is 237 g/mol. The highest BCUT2D eigenvalue weighted by molar-refractivity contribution is 6.17. The quantitative estimate of drug-likeness (QED) is 0.562. The molecule has 0 aliphatic heterocycles. The van der Waals surface area contributed by atoms with E-state index in [1.807, 2.05) is 0 Å². The molecule has 0 aromatic carbocycles. The van der Waals surface area contributed by atoms with Gasteiger partial charge in [-0.2, -0.15) is 0 Å². The third kappa shape index (κ3) is 9.49. The lowest BCUT2D eigenvalue weighted by Crippen LogP contribution is -2.34. The van der Waals surface area contributed by atoms with E-state index in [4.69, 9.17) is 16.3 Å². The van der Waals surface area contributed by atoms with E-state index in [1.165, 1.54) is 0 Å². The number of hydrogen-bond donors (Lipinski definition) is 1. The number of alkyl halides is 1. The average Bonchev–Trinajstić information content (AvgIpc) is 2.00. The molecule has 0 heterocycles. The molecule has 0 aromatic rings. The maximum atomic E-state index is 11.1. The molecule has 15 heavy (non-hydrogen) atoms. The van der Waals surface area contributed by atoms with Crippen molar-refractivity contribution < 1.29 is 19.1 Å². The van der Waals surface area contributed by atoms with Gasteiger partial charge in [-0.1, -0.05) is 11.6 Å². The Morgan fingerprint density at radius 1 is 1.20 bits per heavy atom. The third-order valence-electron chi connectivity index (χ3n) is 1.17. The molecule has 1 N–H and O–H groups in total. The third-order valence-corrected chi connectivity index (χ3v) is 1.28. The van der Waals surface area contributed by atoms with Gasteiger partial charge in [0.25, 0.3) is 0 Å². The Hall–Kier alpha value is -0.810. The molecule has 0 aliphatic rings. The highest BCUT2D eigenvalue weighted by Gasteiger charge is 2.15. The lowest BCUT2D eigenvalue weighted by molar-refractivity contribution is -0.153. The summed E-state index contributed by atoms with van der Waals surface area (Å²) in [6.07, 6.45) is 0. The molecule has 5 nitrogen and oxygen atoms in total. The first-order valence-corrected chi connectivity index (χ1v) is 5.03. The number of nitrogens with one attached hydrogen (secondary N) is 1. The van der Waals surface area contributed by atoms with Crippen LogP contribution in [0.3, 0.4) is 0 Å². The van der Waals surface area contributed by atoms with Crippen molar-refractivity contribution >= 4 is 23.5 Å². The molecule has 0 atom stereocenters. The molecule has 0 bridgehead atoms. The zero-order valence-corrected chi connectivity index (χ0v) is 9.89. The SMILES string of the molecule is CC(C)(C)OC(=O)CNCC(=O)OCCl. The van der Waals surface area contributed by atoms with Crippen molar-refractivity contribution in [3.05, 3.63) is 0 Å². The minimum atomic E-state index is -0.518. The number of ether oxygens (including phenoxy) is 2. The van der Waals surface area contributed by atoms with Crippen LogP contribution in [0.15, 0.2) is 0 Å². The summed E-state index contributed by atoms with van der Waals surface area (Å²) in [5, 5.41) is 2.58. The molecule has 6 heteroatoms. The zero-order valence-electron chi connectivity index (χ0n) is 9.13. The van der Waals surface area contributed by atoms with Gasteiger partial charge in [0.15, 0.2) is 6.07 Å². The Bertz CT molecular complexity index is 225. The standard InChI is InChI=1S/C9H16ClNO4/c1-9(2,3)15-8(13)5-11-4-7(12)14-6-10/h11H,4-6H2,1-3H3. The van der Waals surface area contributed by atoms with Crippen molar-refractivity contribution in [2.24, 2.45) is 0 Å². The molecule has 0 spiro atoms. The molecule has 0 unspecified atom stereocenters.